The lowest BCUT2D eigenvalue weighted by Gasteiger charge is -2.15. The summed E-state index contributed by atoms with van der Waals surface area (Å²) < 4.78 is 10.2. The molecule has 0 bridgehead atoms. The molecule has 1 aliphatic heterocycles. The number of ether oxygens (including phenoxy) is 2. The van der Waals surface area contributed by atoms with Crippen molar-refractivity contribution < 1.29 is 19.1 Å². The summed E-state index contributed by atoms with van der Waals surface area (Å²) in [4.78, 5) is 25.5. The summed E-state index contributed by atoms with van der Waals surface area (Å²) in [6, 6.07) is 6.94. The largest absolute Gasteiger partial charge is 0.356 e. The number of carbonyl (C=O) groups excluding carboxylic acids is 2. The average Bonchev–Trinajstić information content (AvgIpc) is 2.72. The van der Waals surface area contributed by atoms with E-state index in [-0.39, 0.29) is 18.1 Å². The number of nitrogens with zero attached hydrogens (tertiary/aromatic N) is 1. The molecule has 5 nitrogen and oxygen atoms in total. The lowest BCUT2D eigenvalue weighted by atomic mass is 10.1. The summed E-state index contributed by atoms with van der Waals surface area (Å²) in [6.07, 6.45) is 2.10. The van der Waals surface area contributed by atoms with Crippen molar-refractivity contribution in [2.24, 2.45) is 0 Å². The topological polar surface area (TPSA) is 55.8 Å². The molecule has 0 fully saturated rings. The van der Waals surface area contributed by atoms with Gasteiger partial charge in [0.05, 0.1) is 11.1 Å². The van der Waals surface area contributed by atoms with Crippen molar-refractivity contribution in [1.82, 2.24) is 4.90 Å². The van der Waals surface area contributed by atoms with Crippen LogP contribution < -0.4 is 0 Å². The Hall–Kier alpha value is -1.72. The van der Waals surface area contributed by atoms with Gasteiger partial charge in [0.15, 0.2) is 6.29 Å². The second-order valence-electron chi connectivity index (χ2n) is 4.70. The van der Waals surface area contributed by atoms with E-state index in [1.165, 1.54) is 4.90 Å². The van der Waals surface area contributed by atoms with Gasteiger partial charge in [-0.15, -0.1) is 0 Å². The highest BCUT2D eigenvalue weighted by molar-refractivity contribution is 6.21. The summed E-state index contributed by atoms with van der Waals surface area (Å²) in [6.45, 7) is 0.437. The molecule has 0 atom stereocenters. The number of imide groups is 1. The molecule has 108 valence electrons. The minimum Gasteiger partial charge on any atom is -0.356 e. The molecule has 2 amide bonds. The number of rotatable bonds is 7. The molecule has 0 saturated heterocycles. The molecule has 0 spiro atoms. The zero-order valence-corrected chi connectivity index (χ0v) is 11.8. The van der Waals surface area contributed by atoms with Crippen LogP contribution in [0.25, 0.3) is 0 Å². The van der Waals surface area contributed by atoms with Crippen LogP contribution in [0.5, 0.6) is 0 Å². The van der Waals surface area contributed by atoms with Gasteiger partial charge in [-0.3, -0.25) is 14.5 Å². The van der Waals surface area contributed by atoms with Crippen molar-refractivity contribution in [3.8, 4) is 0 Å². The third kappa shape index (κ3) is 2.89. The highest BCUT2D eigenvalue weighted by Crippen LogP contribution is 2.22. The molecule has 1 heterocycles. The summed E-state index contributed by atoms with van der Waals surface area (Å²) >= 11 is 0. The molecule has 0 unspecified atom stereocenters. The molecular weight excluding hydrogens is 258 g/mol. The molecule has 1 aromatic carbocycles. The standard InChI is InChI=1S/C15H19NO4/c1-19-13(20-2)9-5-6-10-16-14(17)11-7-3-4-8-12(11)15(16)18/h3-4,7-8,13H,5-6,9-10H2,1-2H3. The van der Waals surface area contributed by atoms with E-state index in [2.05, 4.69) is 0 Å². The number of hydrogen-bond acceptors (Lipinski definition) is 4. The molecule has 0 saturated carbocycles. The van der Waals surface area contributed by atoms with Crippen LogP contribution in [0.2, 0.25) is 0 Å². The molecule has 5 heteroatoms. The third-order valence-corrected chi connectivity index (χ3v) is 3.48. The normalized spacial score (nSPS) is 14.2. The van der Waals surface area contributed by atoms with Gasteiger partial charge in [0.25, 0.3) is 11.8 Å². The van der Waals surface area contributed by atoms with Gasteiger partial charge in [-0.05, 0) is 31.4 Å². The quantitative estimate of drug-likeness (QED) is 0.435. The van der Waals surface area contributed by atoms with E-state index in [9.17, 15) is 9.59 Å². The van der Waals surface area contributed by atoms with E-state index < -0.39 is 0 Å². The highest BCUT2D eigenvalue weighted by atomic mass is 16.7. The Kier molecular flexibility index (Phi) is 4.87. The number of amides is 2. The van der Waals surface area contributed by atoms with Gasteiger partial charge in [0, 0.05) is 20.8 Å². The molecule has 0 radical (unpaired) electrons. The Morgan fingerprint density at radius 2 is 1.55 bits per heavy atom. The van der Waals surface area contributed by atoms with Crippen LogP contribution in [0, 0.1) is 0 Å². The van der Waals surface area contributed by atoms with E-state index in [0.717, 1.165) is 19.3 Å². The zero-order chi connectivity index (χ0) is 14.5. The lowest BCUT2D eigenvalue weighted by Crippen LogP contribution is -2.30. The minimum atomic E-state index is -0.225. The molecule has 2 rings (SSSR count). The maximum absolute atomic E-state index is 12.1. The number of benzene rings is 1. The Morgan fingerprint density at radius 3 is 2.05 bits per heavy atom. The first-order valence-electron chi connectivity index (χ1n) is 6.70. The second-order valence-corrected chi connectivity index (χ2v) is 4.70. The molecule has 0 aromatic heterocycles. The maximum Gasteiger partial charge on any atom is 0.261 e. The Morgan fingerprint density at radius 1 is 1.00 bits per heavy atom. The smallest absolute Gasteiger partial charge is 0.261 e. The number of hydrogen-bond donors (Lipinski definition) is 0. The Balaban J connectivity index is 1.87. The first-order valence-corrected chi connectivity index (χ1v) is 6.70. The Bertz CT molecular complexity index is 461. The van der Waals surface area contributed by atoms with Crippen molar-refractivity contribution in [3.63, 3.8) is 0 Å². The number of carbonyl (C=O) groups is 2. The van der Waals surface area contributed by atoms with E-state index in [0.29, 0.717) is 17.7 Å². The van der Waals surface area contributed by atoms with Crippen LogP contribution in [-0.2, 0) is 9.47 Å². The monoisotopic (exact) mass is 277 g/mol. The molecule has 0 aliphatic carbocycles. The van der Waals surface area contributed by atoms with Gasteiger partial charge in [0.1, 0.15) is 0 Å². The first-order chi connectivity index (χ1) is 9.69. The molecule has 1 aromatic rings. The van der Waals surface area contributed by atoms with Crippen molar-refractivity contribution in [2.75, 3.05) is 20.8 Å². The van der Waals surface area contributed by atoms with E-state index in [4.69, 9.17) is 9.47 Å². The zero-order valence-electron chi connectivity index (χ0n) is 11.8. The van der Waals surface area contributed by atoms with E-state index in [1.807, 2.05) is 0 Å². The summed E-state index contributed by atoms with van der Waals surface area (Å²) in [5.74, 6) is -0.388. The fourth-order valence-electron chi connectivity index (χ4n) is 2.36. The van der Waals surface area contributed by atoms with Crippen molar-refractivity contribution in [3.05, 3.63) is 35.4 Å². The second kappa shape index (κ2) is 6.63. The van der Waals surface area contributed by atoms with Crippen LogP contribution in [-0.4, -0.2) is 43.8 Å². The van der Waals surface area contributed by atoms with Crippen LogP contribution in [0.4, 0.5) is 0 Å². The fraction of sp³-hybridized carbons (Fsp3) is 0.467. The van der Waals surface area contributed by atoms with Crippen LogP contribution in [0.15, 0.2) is 24.3 Å². The molecule has 20 heavy (non-hydrogen) atoms. The summed E-state index contributed by atoms with van der Waals surface area (Å²) in [5.41, 5.74) is 1.01. The fourth-order valence-corrected chi connectivity index (χ4v) is 2.36. The van der Waals surface area contributed by atoms with Gasteiger partial charge in [-0.1, -0.05) is 12.1 Å². The lowest BCUT2D eigenvalue weighted by molar-refractivity contribution is -0.107. The van der Waals surface area contributed by atoms with Gasteiger partial charge in [-0.2, -0.15) is 0 Å². The Labute approximate surface area is 118 Å². The minimum absolute atomic E-state index is 0.194. The first kappa shape index (κ1) is 14.7. The predicted molar refractivity (Wildman–Crippen MR) is 73.5 cm³/mol. The summed E-state index contributed by atoms with van der Waals surface area (Å²) in [5, 5.41) is 0. The number of unbranched alkanes of at least 4 members (excludes halogenated alkanes) is 1. The molecule has 1 aliphatic rings. The summed E-state index contributed by atoms with van der Waals surface area (Å²) in [7, 11) is 3.19. The van der Waals surface area contributed by atoms with Crippen molar-refractivity contribution >= 4 is 11.8 Å². The predicted octanol–water partition coefficient (Wildman–Crippen LogP) is 2.07. The van der Waals surface area contributed by atoms with Crippen molar-refractivity contribution in [2.45, 2.75) is 25.6 Å². The van der Waals surface area contributed by atoms with E-state index >= 15 is 0 Å². The maximum atomic E-state index is 12.1. The molecule has 0 N–H and O–H groups in total. The van der Waals surface area contributed by atoms with Crippen molar-refractivity contribution in [1.29, 1.82) is 0 Å². The highest BCUT2D eigenvalue weighted by Gasteiger charge is 2.34. The van der Waals surface area contributed by atoms with Gasteiger partial charge < -0.3 is 9.47 Å². The molecular formula is C15H19NO4. The van der Waals surface area contributed by atoms with Crippen LogP contribution in [0.1, 0.15) is 40.0 Å². The van der Waals surface area contributed by atoms with E-state index in [1.54, 1.807) is 38.5 Å². The number of methoxy groups -OCH3 is 2. The van der Waals surface area contributed by atoms with Gasteiger partial charge >= 0.3 is 0 Å². The average molecular weight is 277 g/mol. The van der Waals surface area contributed by atoms with Crippen LogP contribution in [0.3, 0.4) is 0 Å². The van der Waals surface area contributed by atoms with Gasteiger partial charge in [-0.25, -0.2) is 0 Å². The van der Waals surface area contributed by atoms with Gasteiger partial charge in [0.2, 0.25) is 0 Å². The SMILES string of the molecule is COC(CCCCN1C(=O)c2ccccc2C1=O)OC. The van der Waals surface area contributed by atoms with Crippen LogP contribution >= 0.6 is 0 Å². The third-order valence-electron chi connectivity index (χ3n) is 3.48. The number of fused-ring (bicyclic) bond motifs is 1.